The fourth-order valence-electron chi connectivity index (χ4n) is 7.74. The first-order valence-electron chi connectivity index (χ1n) is 18.1. The molecule has 0 aliphatic heterocycles. The number of hydrogen-bond donors (Lipinski definition) is 0. The molecular formula is C47H55N. The molecule has 0 spiro atoms. The van der Waals surface area contributed by atoms with E-state index in [-0.39, 0.29) is 10.8 Å². The maximum absolute atomic E-state index is 3.94. The van der Waals surface area contributed by atoms with Crippen molar-refractivity contribution in [1.29, 1.82) is 0 Å². The van der Waals surface area contributed by atoms with Gasteiger partial charge in [-0.2, -0.15) is 0 Å². The van der Waals surface area contributed by atoms with Crippen molar-refractivity contribution in [2.24, 2.45) is 5.41 Å². The van der Waals surface area contributed by atoms with E-state index in [9.17, 15) is 0 Å². The van der Waals surface area contributed by atoms with Crippen LogP contribution in [0.15, 0.2) is 133 Å². The lowest BCUT2D eigenvalue weighted by Crippen LogP contribution is -2.18. The first-order chi connectivity index (χ1) is 23.2. The molecular weight excluding hydrogens is 579 g/mol. The number of nitrogens with zero attached hydrogens (tertiary/aromatic N) is 1. The normalized spacial score (nSPS) is 17.3. The molecule has 4 aromatic rings. The molecule has 0 heterocycles. The van der Waals surface area contributed by atoms with Crippen molar-refractivity contribution in [3.8, 4) is 0 Å². The summed E-state index contributed by atoms with van der Waals surface area (Å²) < 4.78 is 0. The number of benzene rings is 4. The summed E-state index contributed by atoms with van der Waals surface area (Å²) in [7, 11) is 0. The minimum Gasteiger partial charge on any atom is -0.338 e. The van der Waals surface area contributed by atoms with Crippen LogP contribution in [0.25, 0.3) is 21.9 Å². The third-order valence-electron chi connectivity index (χ3n) is 10.0. The third-order valence-corrected chi connectivity index (χ3v) is 10.0. The fourth-order valence-corrected chi connectivity index (χ4v) is 7.74. The third kappa shape index (κ3) is 6.40. The standard InChI is InChI=1S/C43H43N.2C2H6/c1-7-14-33(42(2,3)4)15-13-24-44(34-16-9-8-10-17-34)35-23-22-29-27-38-39(28-32(29)26-35)43(5,6)41-37-19-12-11-18-36(37)30-20-21-31(25-30)40(38)41;2*1-2/h7-19,21-23,26-28,30H,1,20,24-25H2,2-6H3;2*1-2H3/b15-13-,33-14+;;. The zero-order chi connectivity index (χ0) is 34.6. The quantitative estimate of drug-likeness (QED) is 0.191. The molecule has 2 bridgehead atoms. The van der Waals surface area contributed by atoms with Gasteiger partial charge >= 0.3 is 0 Å². The van der Waals surface area contributed by atoms with Gasteiger partial charge in [0.05, 0.1) is 0 Å². The van der Waals surface area contributed by atoms with Crippen LogP contribution >= 0.6 is 0 Å². The molecule has 0 amide bonds. The Kier molecular flexibility index (Phi) is 10.5. The Morgan fingerprint density at radius 1 is 0.833 bits per heavy atom. The number of fused-ring (bicyclic) bond motifs is 9. The highest BCUT2D eigenvalue weighted by Gasteiger charge is 2.43. The van der Waals surface area contributed by atoms with E-state index in [4.69, 9.17) is 0 Å². The first kappa shape index (κ1) is 35.0. The second-order valence-corrected chi connectivity index (χ2v) is 14.2. The van der Waals surface area contributed by atoms with Crippen LogP contribution in [0.2, 0.25) is 0 Å². The predicted octanol–water partition coefficient (Wildman–Crippen LogP) is 13.8. The summed E-state index contributed by atoms with van der Waals surface area (Å²) in [5.41, 5.74) is 14.1. The Balaban J connectivity index is 0.00000109. The van der Waals surface area contributed by atoms with Crippen LogP contribution in [0.3, 0.4) is 0 Å². The van der Waals surface area contributed by atoms with Gasteiger partial charge in [-0.15, -0.1) is 0 Å². The van der Waals surface area contributed by atoms with Gasteiger partial charge in [-0.25, -0.2) is 0 Å². The lowest BCUT2D eigenvalue weighted by Gasteiger charge is -2.28. The lowest BCUT2D eigenvalue weighted by molar-refractivity contribution is 0.517. The Labute approximate surface area is 291 Å². The molecule has 7 rings (SSSR count). The monoisotopic (exact) mass is 633 g/mol. The highest BCUT2D eigenvalue weighted by atomic mass is 15.1. The fraction of sp³-hybridized carbons (Fsp3) is 0.319. The Morgan fingerprint density at radius 3 is 2.25 bits per heavy atom. The van der Waals surface area contributed by atoms with Gasteiger partial charge in [0, 0.05) is 23.3 Å². The number of anilines is 2. The highest BCUT2D eigenvalue weighted by Crippen LogP contribution is 2.59. The average molecular weight is 634 g/mol. The topological polar surface area (TPSA) is 3.24 Å². The number of para-hydroxylation sites is 1. The van der Waals surface area contributed by atoms with E-state index in [2.05, 4.69) is 155 Å². The van der Waals surface area contributed by atoms with Crippen molar-refractivity contribution in [1.82, 2.24) is 0 Å². The summed E-state index contributed by atoms with van der Waals surface area (Å²) in [6.07, 6.45) is 13.4. The first-order valence-corrected chi connectivity index (χ1v) is 18.1. The van der Waals surface area contributed by atoms with Gasteiger partial charge in [0.1, 0.15) is 0 Å². The highest BCUT2D eigenvalue weighted by molar-refractivity contribution is 6.10. The van der Waals surface area contributed by atoms with E-state index in [1.807, 2.05) is 33.8 Å². The van der Waals surface area contributed by atoms with Gasteiger partial charge in [-0.1, -0.05) is 148 Å². The predicted molar refractivity (Wildman–Crippen MR) is 213 cm³/mol. The molecule has 1 unspecified atom stereocenters. The lowest BCUT2D eigenvalue weighted by atomic mass is 9.75. The van der Waals surface area contributed by atoms with Crippen LogP contribution in [-0.4, -0.2) is 6.54 Å². The van der Waals surface area contributed by atoms with Gasteiger partial charge in [-0.05, 0) is 116 Å². The van der Waals surface area contributed by atoms with Crippen LogP contribution in [0.4, 0.5) is 11.4 Å². The molecule has 1 nitrogen and oxygen atoms in total. The second-order valence-electron chi connectivity index (χ2n) is 14.2. The van der Waals surface area contributed by atoms with Crippen molar-refractivity contribution >= 4 is 33.3 Å². The maximum Gasteiger partial charge on any atom is 0.0420 e. The average Bonchev–Trinajstić information content (AvgIpc) is 3.62. The maximum atomic E-state index is 3.94. The summed E-state index contributed by atoms with van der Waals surface area (Å²) in [5.74, 6) is 0.610. The minimum atomic E-state index is -0.0705. The van der Waals surface area contributed by atoms with Crippen LogP contribution in [0.1, 0.15) is 103 Å². The van der Waals surface area contributed by atoms with Crippen LogP contribution in [0, 0.1) is 5.41 Å². The van der Waals surface area contributed by atoms with Crippen LogP contribution < -0.4 is 4.90 Å². The molecule has 0 saturated heterocycles. The summed E-state index contributed by atoms with van der Waals surface area (Å²) in [6.45, 7) is 24.3. The van der Waals surface area contributed by atoms with Crippen molar-refractivity contribution in [3.63, 3.8) is 0 Å². The number of allylic oxidation sites excluding steroid dienone is 8. The summed E-state index contributed by atoms with van der Waals surface area (Å²) in [4.78, 5) is 2.41. The molecule has 0 aromatic heterocycles. The summed E-state index contributed by atoms with van der Waals surface area (Å²) in [6, 6.07) is 31.9. The smallest absolute Gasteiger partial charge is 0.0420 e. The number of hydrogen-bond acceptors (Lipinski definition) is 1. The minimum absolute atomic E-state index is 0.0561. The van der Waals surface area contributed by atoms with E-state index >= 15 is 0 Å². The SMILES string of the molecule is C=C/C=C(\C=C/CN(c1ccccc1)c1ccc2cc3c(cc2c1)C(C)(C)C1=C3C2=CCC(C2)c2ccccc21)C(C)(C)C.CC.CC. The van der Waals surface area contributed by atoms with E-state index in [0.717, 1.165) is 19.4 Å². The molecule has 48 heavy (non-hydrogen) atoms. The van der Waals surface area contributed by atoms with E-state index in [0.29, 0.717) is 5.92 Å². The van der Waals surface area contributed by atoms with Crippen molar-refractivity contribution in [2.45, 2.75) is 86.5 Å². The summed E-state index contributed by atoms with van der Waals surface area (Å²) in [5, 5.41) is 2.60. The second kappa shape index (κ2) is 14.4. The molecule has 0 fully saturated rings. The van der Waals surface area contributed by atoms with Crippen LogP contribution in [-0.2, 0) is 5.41 Å². The Morgan fingerprint density at radius 2 is 1.54 bits per heavy atom. The molecule has 0 N–H and O–H groups in total. The van der Waals surface area contributed by atoms with Gasteiger partial charge in [0.2, 0.25) is 0 Å². The molecule has 4 aromatic carbocycles. The zero-order valence-electron chi connectivity index (χ0n) is 30.8. The number of rotatable bonds is 6. The zero-order valence-corrected chi connectivity index (χ0v) is 30.8. The van der Waals surface area contributed by atoms with E-state index < -0.39 is 0 Å². The van der Waals surface area contributed by atoms with E-state index in [1.54, 1.807) is 5.57 Å². The van der Waals surface area contributed by atoms with Crippen molar-refractivity contribution < 1.29 is 0 Å². The van der Waals surface area contributed by atoms with Gasteiger partial charge in [0.25, 0.3) is 0 Å². The van der Waals surface area contributed by atoms with Crippen LogP contribution in [0.5, 0.6) is 0 Å². The molecule has 0 saturated carbocycles. The van der Waals surface area contributed by atoms with Gasteiger partial charge < -0.3 is 4.90 Å². The molecule has 0 radical (unpaired) electrons. The molecule has 1 heteroatoms. The van der Waals surface area contributed by atoms with Gasteiger partial charge in [-0.3, -0.25) is 0 Å². The van der Waals surface area contributed by atoms with Crippen molar-refractivity contribution in [3.05, 3.63) is 155 Å². The molecule has 1 atom stereocenters. The Hall–Kier alpha value is -4.36. The van der Waals surface area contributed by atoms with Crippen molar-refractivity contribution in [2.75, 3.05) is 11.4 Å². The Bertz CT molecular complexity index is 1900. The van der Waals surface area contributed by atoms with E-state index in [1.165, 1.54) is 61.1 Å². The molecule has 248 valence electrons. The largest absolute Gasteiger partial charge is 0.338 e. The molecule has 3 aliphatic carbocycles. The summed E-state index contributed by atoms with van der Waals surface area (Å²) >= 11 is 0. The molecule has 3 aliphatic rings. The van der Waals surface area contributed by atoms with Gasteiger partial charge in [0.15, 0.2) is 0 Å².